The van der Waals surface area contributed by atoms with E-state index < -0.39 is 5.82 Å². The summed E-state index contributed by atoms with van der Waals surface area (Å²) in [6.45, 7) is 4.74. The summed E-state index contributed by atoms with van der Waals surface area (Å²) < 4.78 is 24.5. The van der Waals surface area contributed by atoms with E-state index in [9.17, 15) is 9.18 Å². The normalized spacial score (nSPS) is 10.8. The van der Waals surface area contributed by atoms with Gasteiger partial charge in [0.1, 0.15) is 0 Å². The van der Waals surface area contributed by atoms with Gasteiger partial charge in [0.15, 0.2) is 11.6 Å². The molecule has 1 aromatic heterocycles. The van der Waals surface area contributed by atoms with Crippen LogP contribution in [0, 0.1) is 12.7 Å². The van der Waals surface area contributed by atoms with Crippen molar-refractivity contribution in [2.75, 3.05) is 13.7 Å². The molecule has 152 valence electrons. The van der Waals surface area contributed by atoms with Crippen LogP contribution in [0.3, 0.4) is 0 Å². The Kier molecular flexibility index (Phi) is 6.59. The predicted octanol–water partition coefficient (Wildman–Crippen LogP) is 4.17. The minimum atomic E-state index is -0.442. The number of methoxy groups -OCH3 is 1. The van der Waals surface area contributed by atoms with Crippen LogP contribution in [0.25, 0.3) is 11.5 Å². The fourth-order valence-corrected chi connectivity index (χ4v) is 2.94. The number of rotatable bonds is 8. The minimum Gasteiger partial charge on any atom is -0.494 e. The first-order chi connectivity index (χ1) is 14.0. The van der Waals surface area contributed by atoms with Crippen LogP contribution in [0.1, 0.15) is 30.4 Å². The van der Waals surface area contributed by atoms with Crippen molar-refractivity contribution < 1.29 is 18.3 Å². The van der Waals surface area contributed by atoms with Gasteiger partial charge in [-0.3, -0.25) is 4.79 Å². The Morgan fingerprint density at radius 1 is 1.17 bits per heavy atom. The first-order valence-corrected chi connectivity index (χ1v) is 9.49. The van der Waals surface area contributed by atoms with Crippen LogP contribution < -0.4 is 4.74 Å². The largest absolute Gasteiger partial charge is 0.494 e. The smallest absolute Gasteiger partial charge is 0.247 e. The van der Waals surface area contributed by atoms with E-state index in [1.807, 2.05) is 38.1 Å². The van der Waals surface area contributed by atoms with Gasteiger partial charge in [-0.2, -0.15) is 0 Å². The second-order valence-corrected chi connectivity index (χ2v) is 6.74. The zero-order valence-corrected chi connectivity index (χ0v) is 16.8. The van der Waals surface area contributed by atoms with Gasteiger partial charge in [-0.1, -0.05) is 23.8 Å². The maximum atomic E-state index is 13.9. The molecule has 0 N–H and O–H groups in total. The topological polar surface area (TPSA) is 68.5 Å². The molecule has 0 aliphatic rings. The van der Waals surface area contributed by atoms with Crippen LogP contribution >= 0.6 is 0 Å². The molecule has 0 atom stereocenters. The zero-order valence-electron chi connectivity index (χ0n) is 16.8. The third-order valence-electron chi connectivity index (χ3n) is 4.64. The quantitative estimate of drug-likeness (QED) is 0.571. The Hall–Kier alpha value is -3.22. The number of hydrogen-bond donors (Lipinski definition) is 0. The Labute approximate surface area is 169 Å². The Morgan fingerprint density at radius 3 is 2.59 bits per heavy atom. The molecule has 0 aliphatic heterocycles. The van der Waals surface area contributed by atoms with E-state index in [-0.39, 0.29) is 18.1 Å². The second-order valence-electron chi connectivity index (χ2n) is 6.74. The van der Waals surface area contributed by atoms with E-state index in [1.165, 1.54) is 13.2 Å². The zero-order chi connectivity index (χ0) is 20.8. The number of benzene rings is 2. The summed E-state index contributed by atoms with van der Waals surface area (Å²) in [5, 5.41) is 8.09. The van der Waals surface area contributed by atoms with Crippen molar-refractivity contribution in [1.82, 2.24) is 15.1 Å². The molecule has 3 aromatic rings. The highest BCUT2D eigenvalue weighted by atomic mass is 19.1. The van der Waals surface area contributed by atoms with Gasteiger partial charge in [-0.15, -0.1) is 10.2 Å². The van der Waals surface area contributed by atoms with Crippen LogP contribution in [0.4, 0.5) is 4.39 Å². The Balaban J connectivity index is 1.59. The molecule has 7 heteroatoms. The van der Waals surface area contributed by atoms with Crippen molar-refractivity contribution in [3.05, 3.63) is 65.3 Å². The second kappa shape index (κ2) is 9.32. The predicted molar refractivity (Wildman–Crippen MR) is 107 cm³/mol. The lowest BCUT2D eigenvalue weighted by molar-refractivity contribution is -0.131. The summed E-state index contributed by atoms with van der Waals surface area (Å²) in [4.78, 5) is 14.3. The number of aryl methyl sites for hydroxylation is 2. The third-order valence-corrected chi connectivity index (χ3v) is 4.64. The number of nitrogens with zero attached hydrogens (tertiary/aromatic N) is 3. The average molecular weight is 397 g/mol. The summed E-state index contributed by atoms with van der Waals surface area (Å²) in [7, 11) is 1.42. The van der Waals surface area contributed by atoms with Gasteiger partial charge >= 0.3 is 0 Å². The fraction of sp³-hybridized carbons (Fsp3) is 0.318. The maximum Gasteiger partial charge on any atom is 0.247 e. The number of halogens is 1. The van der Waals surface area contributed by atoms with E-state index in [2.05, 4.69) is 10.2 Å². The molecule has 0 saturated carbocycles. The number of carbonyl (C=O) groups excluding carboxylic acids is 1. The highest BCUT2D eigenvalue weighted by molar-refractivity contribution is 5.76. The molecule has 0 radical (unpaired) electrons. The van der Waals surface area contributed by atoms with Crippen molar-refractivity contribution in [2.24, 2.45) is 0 Å². The van der Waals surface area contributed by atoms with Crippen LogP contribution in [0.5, 0.6) is 5.75 Å². The molecule has 0 fully saturated rings. The molecule has 0 aliphatic carbocycles. The summed E-state index contributed by atoms with van der Waals surface area (Å²) in [5.74, 6) is 0.541. The highest BCUT2D eigenvalue weighted by Gasteiger charge is 2.16. The highest BCUT2D eigenvalue weighted by Crippen LogP contribution is 2.20. The SMILES string of the molecule is CCN(Cc1ccc(OC)c(F)c1)C(=O)CCc1nnc(-c2ccc(C)cc2)o1. The lowest BCUT2D eigenvalue weighted by atomic mass is 10.1. The first-order valence-electron chi connectivity index (χ1n) is 9.49. The van der Waals surface area contributed by atoms with Crippen LogP contribution in [0.15, 0.2) is 46.9 Å². The van der Waals surface area contributed by atoms with Crippen molar-refractivity contribution >= 4 is 5.91 Å². The monoisotopic (exact) mass is 397 g/mol. The molecular weight excluding hydrogens is 373 g/mol. The van der Waals surface area contributed by atoms with Gasteiger partial charge in [0.05, 0.1) is 7.11 Å². The summed E-state index contributed by atoms with van der Waals surface area (Å²) >= 11 is 0. The van der Waals surface area contributed by atoms with Crippen molar-refractivity contribution in [2.45, 2.75) is 33.2 Å². The van der Waals surface area contributed by atoms with E-state index in [1.54, 1.807) is 17.0 Å². The number of hydrogen-bond acceptors (Lipinski definition) is 5. The third kappa shape index (κ3) is 5.19. The van der Waals surface area contributed by atoms with Crippen LogP contribution in [0.2, 0.25) is 0 Å². The van der Waals surface area contributed by atoms with Crippen molar-refractivity contribution in [3.8, 4) is 17.2 Å². The van der Waals surface area contributed by atoms with E-state index in [0.717, 1.165) is 11.1 Å². The standard InChI is InChI=1S/C22H24FN3O3/c1-4-26(14-16-7-10-19(28-3)18(23)13-16)21(27)12-11-20-24-25-22(29-20)17-8-5-15(2)6-9-17/h5-10,13H,4,11-12,14H2,1-3H3. The van der Waals surface area contributed by atoms with E-state index in [4.69, 9.17) is 9.15 Å². The molecule has 29 heavy (non-hydrogen) atoms. The van der Waals surface area contributed by atoms with Crippen molar-refractivity contribution in [3.63, 3.8) is 0 Å². The Bertz CT molecular complexity index is 970. The minimum absolute atomic E-state index is 0.0567. The fourth-order valence-electron chi connectivity index (χ4n) is 2.94. The van der Waals surface area contributed by atoms with Gasteiger partial charge in [0, 0.05) is 31.5 Å². The number of aromatic nitrogens is 2. The molecule has 0 bridgehead atoms. The molecule has 2 aromatic carbocycles. The van der Waals surface area contributed by atoms with Gasteiger partial charge in [-0.05, 0) is 43.7 Å². The number of ether oxygens (including phenoxy) is 1. The van der Waals surface area contributed by atoms with Crippen molar-refractivity contribution in [1.29, 1.82) is 0 Å². The van der Waals surface area contributed by atoms with E-state index in [0.29, 0.717) is 36.9 Å². The van der Waals surface area contributed by atoms with Gasteiger partial charge in [-0.25, -0.2) is 4.39 Å². The Morgan fingerprint density at radius 2 is 1.93 bits per heavy atom. The van der Waals surface area contributed by atoms with E-state index >= 15 is 0 Å². The summed E-state index contributed by atoms with van der Waals surface area (Å²) in [6, 6.07) is 12.5. The first kappa shape index (κ1) is 20.5. The van der Waals surface area contributed by atoms with Gasteiger partial charge < -0.3 is 14.1 Å². The molecule has 6 nitrogen and oxygen atoms in total. The molecule has 0 unspecified atom stereocenters. The molecule has 1 heterocycles. The number of amides is 1. The lowest BCUT2D eigenvalue weighted by Crippen LogP contribution is -2.30. The molecule has 0 saturated heterocycles. The molecule has 1 amide bonds. The lowest BCUT2D eigenvalue weighted by Gasteiger charge is -2.21. The summed E-state index contributed by atoms with van der Waals surface area (Å²) in [5.41, 5.74) is 2.70. The van der Waals surface area contributed by atoms with Gasteiger partial charge in [0.2, 0.25) is 17.7 Å². The van der Waals surface area contributed by atoms with Gasteiger partial charge in [0.25, 0.3) is 0 Å². The molecule has 3 rings (SSSR count). The van der Waals surface area contributed by atoms with Crippen LogP contribution in [-0.4, -0.2) is 34.7 Å². The number of carbonyl (C=O) groups is 1. The molecule has 0 spiro atoms. The average Bonchev–Trinajstić information content (AvgIpc) is 3.20. The van der Waals surface area contributed by atoms with Crippen LogP contribution in [-0.2, 0) is 17.8 Å². The summed E-state index contributed by atoms with van der Waals surface area (Å²) in [6.07, 6.45) is 0.590. The molecular formula is C22H24FN3O3. The maximum absolute atomic E-state index is 13.9.